The molecule has 2 aromatic heterocycles. The second-order valence-corrected chi connectivity index (χ2v) is 13.0. The molecule has 2 atom stereocenters. The Labute approximate surface area is 261 Å². The molecule has 1 saturated heterocycles. The minimum atomic E-state index is -1.31. The van der Waals surface area contributed by atoms with Crippen molar-refractivity contribution < 1.29 is 38.4 Å². The van der Waals surface area contributed by atoms with E-state index in [-0.39, 0.29) is 59.3 Å². The highest BCUT2D eigenvalue weighted by molar-refractivity contribution is 7.99. The highest BCUT2D eigenvalue weighted by Crippen LogP contribution is 2.35. The van der Waals surface area contributed by atoms with Crippen LogP contribution >= 0.6 is 23.1 Å². The van der Waals surface area contributed by atoms with Crippen molar-refractivity contribution in [2.45, 2.75) is 75.2 Å². The lowest BCUT2D eigenvalue weighted by Gasteiger charge is -2.49. The molecule has 5 N–H and O–H groups in total. The zero-order valence-corrected chi connectivity index (χ0v) is 25.9. The minimum Gasteiger partial charge on any atom is -0.492 e. The molecule has 1 aliphatic carbocycles. The number of ether oxygens (including phenoxy) is 1. The van der Waals surface area contributed by atoms with Crippen molar-refractivity contribution in [3.05, 3.63) is 47.1 Å². The summed E-state index contributed by atoms with van der Waals surface area (Å²) in [6.07, 6.45) is 8.56. The lowest BCUT2D eigenvalue weighted by atomic mass is 9.92. The van der Waals surface area contributed by atoms with Crippen LogP contribution in [-0.2, 0) is 35.3 Å². The molecule has 234 valence electrons. The Morgan fingerprint density at radius 3 is 2.66 bits per heavy atom. The Bertz CT molecular complexity index is 1490. The van der Waals surface area contributed by atoms with Crippen LogP contribution in [0.3, 0.4) is 0 Å². The van der Waals surface area contributed by atoms with Gasteiger partial charge in [0.05, 0.1) is 10.6 Å². The van der Waals surface area contributed by atoms with E-state index in [1.165, 1.54) is 18.0 Å². The quantitative estimate of drug-likeness (QED) is 0.0853. The number of thiazole rings is 1. The van der Waals surface area contributed by atoms with Crippen LogP contribution in [-0.4, -0.2) is 81.0 Å². The van der Waals surface area contributed by atoms with Gasteiger partial charge >= 0.3 is 5.97 Å². The van der Waals surface area contributed by atoms with Gasteiger partial charge in [-0.05, 0) is 39.5 Å². The number of nitrogens with two attached hydrogens (primary N) is 1. The largest absolute Gasteiger partial charge is 0.492 e. The van der Waals surface area contributed by atoms with Crippen LogP contribution in [0.25, 0.3) is 0 Å². The number of oxime groups is 1. The summed E-state index contributed by atoms with van der Waals surface area (Å²) in [4.78, 5) is 62.7. The monoisotopic (exact) mass is 644 g/mol. The van der Waals surface area contributed by atoms with Gasteiger partial charge in [0.15, 0.2) is 28.9 Å². The van der Waals surface area contributed by atoms with Gasteiger partial charge in [-0.1, -0.05) is 16.5 Å². The zero-order valence-electron chi connectivity index (χ0n) is 24.2. The molecule has 0 unspecified atom stereocenters. The van der Waals surface area contributed by atoms with Gasteiger partial charge in [0.1, 0.15) is 30.6 Å². The van der Waals surface area contributed by atoms with Gasteiger partial charge in [0.2, 0.25) is 6.54 Å². The lowest BCUT2D eigenvalue weighted by Crippen LogP contribution is -2.73. The molecule has 2 fully saturated rings. The molecule has 44 heavy (non-hydrogen) atoms. The van der Waals surface area contributed by atoms with Crippen molar-refractivity contribution in [3.63, 3.8) is 0 Å². The highest BCUT2D eigenvalue weighted by atomic mass is 32.2. The summed E-state index contributed by atoms with van der Waals surface area (Å²) in [7, 11) is 0. The number of β-lactam (4-membered cyclic amide) rings is 1. The second kappa shape index (κ2) is 13.6. The summed E-state index contributed by atoms with van der Waals surface area (Å²) in [6.45, 7) is 3.96. The molecular weight excluding hydrogens is 610 g/mol. The SMILES string of the molecule is CC(C)NC(=O)C[n+]1ccc(SCC2=C(C(=O)O)N3C(=O)[C@@H](NC(=O)C(=NOC4CCCC4)c4cnc(N)s4)[C@H]3CO2)cc1. The van der Waals surface area contributed by atoms with Crippen LogP contribution in [0.1, 0.15) is 44.4 Å². The first kappa shape index (κ1) is 31.3. The normalized spacial score (nSPS) is 20.2. The van der Waals surface area contributed by atoms with E-state index in [0.717, 1.165) is 46.8 Å². The molecule has 14 nitrogen and oxygen atoms in total. The number of carboxylic acid groups (broad SMARTS) is 1. The molecule has 16 heteroatoms. The van der Waals surface area contributed by atoms with Crippen molar-refractivity contribution in [2.75, 3.05) is 18.1 Å². The van der Waals surface area contributed by atoms with Crippen molar-refractivity contribution in [1.82, 2.24) is 20.5 Å². The van der Waals surface area contributed by atoms with E-state index >= 15 is 0 Å². The Hall–Kier alpha value is -4.18. The van der Waals surface area contributed by atoms with Crippen LogP contribution in [0.5, 0.6) is 0 Å². The third kappa shape index (κ3) is 7.13. The first-order valence-corrected chi connectivity index (χ1v) is 16.0. The number of carbonyl (C=O) groups excluding carboxylic acids is 3. The summed E-state index contributed by atoms with van der Waals surface area (Å²) in [6, 6.07) is 1.96. The number of aliphatic carboxylic acids is 1. The molecule has 0 radical (unpaired) electrons. The van der Waals surface area contributed by atoms with E-state index in [9.17, 15) is 24.3 Å². The van der Waals surface area contributed by atoms with Crippen LogP contribution in [0.2, 0.25) is 0 Å². The molecule has 1 saturated carbocycles. The molecule has 3 amide bonds. The third-order valence-corrected chi connectivity index (χ3v) is 9.06. The molecule has 0 bridgehead atoms. The van der Waals surface area contributed by atoms with Gasteiger partial charge in [-0.25, -0.2) is 9.78 Å². The Kier molecular flexibility index (Phi) is 9.68. The van der Waals surface area contributed by atoms with Crippen molar-refractivity contribution in [1.29, 1.82) is 0 Å². The molecular formula is C28H34N7O7S2+. The van der Waals surface area contributed by atoms with Gasteiger partial charge in [-0.2, -0.15) is 4.57 Å². The number of hydrogen-bond donors (Lipinski definition) is 4. The molecule has 0 spiro atoms. The molecule has 0 aromatic carbocycles. The number of aromatic nitrogens is 2. The van der Waals surface area contributed by atoms with Gasteiger partial charge in [0, 0.05) is 29.3 Å². The fourth-order valence-electron chi connectivity index (χ4n) is 5.12. The topological polar surface area (TPSA) is 189 Å². The molecule has 3 aliphatic rings. The highest BCUT2D eigenvalue weighted by Gasteiger charge is 2.55. The number of fused-ring (bicyclic) bond motifs is 1. The maximum atomic E-state index is 13.3. The Morgan fingerprint density at radius 2 is 2.02 bits per heavy atom. The average molecular weight is 645 g/mol. The van der Waals surface area contributed by atoms with E-state index in [0.29, 0.717) is 4.88 Å². The number of nitrogen functional groups attached to an aromatic ring is 1. The number of carboxylic acids is 1. The summed E-state index contributed by atoms with van der Waals surface area (Å²) < 4.78 is 7.58. The van der Waals surface area contributed by atoms with Crippen LogP contribution in [0.15, 0.2) is 52.2 Å². The van der Waals surface area contributed by atoms with E-state index in [1.807, 2.05) is 26.0 Å². The smallest absolute Gasteiger partial charge is 0.356 e. The molecule has 2 aliphatic heterocycles. The number of amides is 3. The third-order valence-electron chi connectivity index (χ3n) is 7.22. The number of thioether (sulfide) groups is 1. The number of carbonyl (C=O) groups is 4. The molecule has 2 aromatic rings. The number of pyridine rings is 1. The number of nitrogens with one attached hydrogen (secondary N) is 2. The van der Waals surface area contributed by atoms with Gasteiger partial charge in [-0.3, -0.25) is 19.3 Å². The second-order valence-electron chi connectivity index (χ2n) is 10.8. The predicted molar refractivity (Wildman–Crippen MR) is 160 cm³/mol. The van der Waals surface area contributed by atoms with Crippen LogP contribution < -0.4 is 20.9 Å². The van der Waals surface area contributed by atoms with E-state index in [1.54, 1.807) is 17.0 Å². The number of nitrogens with zero attached hydrogens (tertiary/aromatic N) is 4. The predicted octanol–water partition coefficient (Wildman–Crippen LogP) is 1.02. The zero-order chi connectivity index (χ0) is 31.4. The van der Waals surface area contributed by atoms with E-state index in [4.69, 9.17) is 15.3 Å². The van der Waals surface area contributed by atoms with Crippen LogP contribution in [0.4, 0.5) is 5.13 Å². The van der Waals surface area contributed by atoms with Gasteiger partial charge in [0.25, 0.3) is 17.7 Å². The summed E-state index contributed by atoms with van der Waals surface area (Å²) in [5, 5.41) is 19.8. The van der Waals surface area contributed by atoms with E-state index in [2.05, 4.69) is 20.8 Å². The number of hydrogen-bond acceptors (Lipinski definition) is 11. The van der Waals surface area contributed by atoms with Crippen molar-refractivity contribution in [3.8, 4) is 0 Å². The number of anilines is 1. The van der Waals surface area contributed by atoms with Gasteiger partial charge in [-0.15, -0.1) is 11.8 Å². The van der Waals surface area contributed by atoms with Gasteiger partial charge < -0.3 is 31.0 Å². The fraction of sp³-hybridized carbons (Fsp3) is 0.464. The Balaban J connectivity index is 1.23. The maximum absolute atomic E-state index is 13.3. The summed E-state index contributed by atoms with van der Waals surface area (Å²) in [5.41, 5.74) is 5.46. The standard InChI is InChI=1S/C28H33N7O7S2/c1-15(2)31-21(36)12-34-9-7-17(8-10-34)43-14-19-24(27(39)40)35-18(13-41-19)22(26(35)38)32-25(37)23(20-11-30-28(29)44-20)33-42-16-5-3-4-6-16/h7-11,15-16,18,22H,3-6,12-14H2,1-2H3,(H4-,29,30,31,32,33,36,37,39,40)/p+1/t18-,22+/m1/s1. The molecule has 4 heterocycles. The van der Waals surface area contributed by atoms with Crippen LogP contribution in [0, 0.1) is 0 Å². The lowest BCUT2D eigenvalue weighted by molar-refractivity contribution is -0.684. The fourth-order valence-corrected chi connectivity index (χ4v) is 6.62. The first-order valence-electron chi connectivity index (χ1n) is 14.2. The molecule has 5 rings (SSSR count). The summed E-state index contributed by atoms with van der Waals surface area (Å²) in [5.74, 6) is -2.32. The average Bonchev–Trinajstić information content (AvgIpc) is 3.66. The maximum Gasteiger partial charge on any atom is 0.356 e. The van der Waals surface area contributed by atoms with Crippen molar-refractivity contribution >= 4 is 57.6 Å². The summed E-state index contributed by atoms with van der Waals surface area (Å²) >= 11 is 2.40. The first-order chi connectivity index (χ1) is 21.1. The van der Waals surface area contributed by atoms with Crippen molar-refractivity contribution in [2.24, 2.45) is 5.16 Å². The number of rotatable bonds is 12. The Morgan fingerprint density at radius 1 is 1.30 bits per heavy atom. The van der Waals surface area contributed by atoms with E-state index < -0.39 is 29.9 Å². The minimum absolute atomic E-state index is 0.00166.